The van der Waals surface area contributed by atoms with Gasteiger partial charge in [-0.15, -0.1) is 0 Å². The second-order valence-corrected chi connectivity index (χ2v) is 5.90. The van der Waals surface area contributed by atoms with Gasteiger partial charge in [0.25, 0.3) is 0 Å². The zero-order chi connectivity index (χ0) is 12.4. The highest BCUT2D eigenvalue weighted by Gasteiger charge is 2.27. The Hall–Kier alpha value is -0.540. The summed E-state index contributed by atoms with van der Waals surface area (Å²) in [5.74, 6) is 0. The van der Waals surface area contributed by atoms with E-state index in [2.05, 4.69) is 53.0 Å². The summed E-state index contributed by atoms with van der Waals surface area (Å²) in [6, 6.07) is 7.54. The molecule has 0 aliphatic heterocycles. The largest absolute Gasteiger partial charge is 0.371 e. The lowest BCUT2D eigenvalue weighted by atomic mass is 10.0. The molecule has 2 rings (SSSR count). The van der Waals surface area contributed by atoms with E-state index in [1.165, 1.54) is 24.1 Å². The molecule has 0 saturated heterocycles. The first kappa shape index (κ1) is 12.9. The van der Waals surface area contributed by atoms with Gasteiger partial charge in [-0.3, -0.25) is 0 Å². The Morgan fingerprint density at radius 2 is 2.18 bits per heavy atom. The van der Waals surface area contributed by atoms with Gasteiger partial charge >= 0.3 is 0 Å². The number of hydrogen-bond acceptors (Lipinski definition) is 2. The van der Waals surface area contributed by atoms with E-state index in [0.29, 0.717) is 0 Å². The van der Waals surface area contributed by atoms with Gasteiger partial charge in [-0.1, -0.05) is 22.9 Å². The fraction of sp³-hybridized carbons (Fsp3) is 0.571. The van der Waals surface area contributed by atoms with Crippen LogP contribution in [0.1, 0.15) is 31.7 Å². The molecule has 1 aromatic rings. The maximum Gasteiger partial charge on any atom is 0.0400 e. The van der Waals surface area contributed by atoms with Crippen LogP contribution in [-0.2, 0) is 6.42 Å². The maximum absolute atomic E-state index is 6.08. The van der Waals surface area contributed by atoms with Gasteiger partial charge in [0.1, 0.15) is 0 Å². The molecule has 1 saturated carbocycles. The first-order chi connectivity index (χ1) is 8.11. The van der Waals surface area contributed by atoms with Crippen LogP contribution in [0.15, 0.2) is 22.7 Å². The van der Waals surface area contributed by atoms with E-state index in [1.54, 1.807) is 0 Å². The Balaban J connectivity index is 2.23. The second-order valence-electron chi connectivity index (χ2n) is 4.99. The number of halogens is 1. The first-order valence-electron chi connectivity index (χ1n) is 6.38. The van der Waals surface area contributed by atoms with Crippen molar-refractivity contribution >= 4 is 21.6 Å². The normalized spacial score (nSPS) is 16.9. The smallest absolute Gasteiger partial charge is 0.0400 e. The van der Waals surface area contributed by atoms with Crippen LogP contribution in [0.5, 0.6) is 0 Å². The summed E-state index contributed by atoms with van der Waals surface area (Å²) in [5.41, 5.74) is 8.79. The van der Waals surface area contributed by atoms with Gasteiger partial charge < -0.3 is 10.6 Å². The predicted octanol–water partition coefficient (Wildman–Crippen LogP) is 3.33. The Bertz CT molecular complexity index is 388. The van der Waals surface area contributed by atoms with Crippen LogP contribution < -0.4 is 10.6 Å². The number of rotatable bonds is 5. The van der Waals surface area contributed by atoms with Crippen molar-refractivity contribution in [3.63, 3.8) is 0 Å². The Morgan fingerprint density at radius 3 is 2.76 bits per heavy atom. The van der Waals surface area contributed by atoms with Gasteiger partial charge in [0.2, 0.25) is 0 Å². The molecule has 1 aliphatic carbocycles. The van der Waals surface area contributed by atoms with E-state index >= 15 is 0 Å². The monoisotopic (exact) mass is 296 g/mol. The van der Waals surface area contributed by atoms with Crippen molar-refractivity contribution in [3.8, 4) is 0 Å². The van der Waals surface area contributed by atoms with Gasteiger partial charge in [-0.25, -0.2) is 0 Å². The van der Waals surface area contributed by atoms with Crippen LogP contribution >= 0.6 is 15.9 Å². The van der Waals surface area contributed by atoms with Gasteiger partial charge in [-0.05, 0) is 49.4 Å². The highest BCUT2D eigenvalue weighted by atomic mass is 79.9. The van der Waals surface area contributed by atoms with Gasteiger partial charge in [0, 0.05) is 29.3 Å². The quantitative estimate of drug-likeness (QED) is 0.903. The zero-order valence-electron chi connectivity index (χ0n) is 10.6. The zero-order valence-corrected chi connectivity index (χ0v) is 12.2. The average molecular weight is 297 g/mol. The Morgan fingerprint density at radius 1 is 1.47 bits per heavy atom. The minimum absolute atomic E-state index is 0.260. The molecule has 1 unspecified atom stereocenters. The van der Waals surface area contributed by atoms with Crippen LogP contribution in [0, 0.1) is 0 Å². The molecule has 2 nitrogen and oxygen atoms in total. The second kappa shape index (κ2) is 5.40. The van der Waals surface area contributed by atoms with Crippen LogP contribution in [-0.4, -0.2) is 19.1 Å². The molecule has 1 atom stereocenters. The molecular formula is C14H21BrN2. The molecule has 0 spiro atoms. The Labute approximate surface area is 112 Å². The van der Waals surface area contributed by atoms with E-state index in [0.717, 1.165) is 23.4 Å². The molecule has 94 valence electrons. The SMILES string of the molecule is CCC(N)Cc1cc(Br)ccc1N(C)C1CC1. The fourth-order valence-electron chi connectivity index (χ4n) is 2.15. The molecule has 0 heterocycles. The summed E-state index contributed by atoms with van der Waals surface area (Å²) in [5, 5.41) is 0. The number of benzene rings is 1. The molecule has 1 aromatic carbocycles. The predicted molar refractivity (Wildman–Crippen MR) is 77.5 cm³/mol. The van der Waals surface area contributed by atoms with E-state index in [9.17, 15) is 0 Å². The van der Waals surface area contributed by atoms with E-state index in [4.69, 9.17) is 5.73 Å². The average Bonchev–Trinajstić information content (AvgIpc) is 3.12. The fourth-order valence-corrected chi connectivity index (χ4v) is 2.56. The summed E-state index contributed by atoms with van der Waals surface area (Å²) >= 11 is 3.55. The molecule has 0 bridgehead atoms. The number of nitrogens with two attached hydrogens (primary N) is 1. The van der Waals surface area contributed by atoms with Crippen LogP contribution in [0.4, 0.5) is 5.69 Å². The number of anilines is 1. The number of nitrogens with zero attached hydrogens (tertiary/aromatic N) is 1. The maximum atomic E-state index is 6.08. The lowest BCUT2D eigenvalue weighted by molar-refractivity contribution is 0.645. The van der Waals surface area contributed by atoms with Crippen molar-refractivity contribution in [3.05, 3.63) is 28.2 Å². The van der Waals surface area contributed by atoms with Crippen molar-refractivity contribution in [2.75, 3.05) is 11.9 Å². The minimum atomic E-state index is 0.260. The first-order valence-corrected chi connectivity index (χ1v) is 7.18. The van der Waals surface area contributed by atoms with Crippen molar-refractivity contribution in [2.24, 2.45) is 5.73 Å². The van der Waals surface area contributed by atoms with Crippen molar-refractivity contribution in [1.82, 2.24) is 0 Å². The molecular weight excluding hydrogens is 276 g/mol. The summed E-state index contributed by atoms with van der Waals surface area (Å²) < 4.78 is 1.14. The van der Waals surface area contributed by atoms with Crippen molar-refractivity contribution in [2.45, 2.75) is 44.7 Å². The molecule has 0 aromatic heterocycles. The summed E-state index contributed by atoms with van der Waals surface area (Å²) in [6.07, 6.45) is 4.64. The van der Waals surface area contributed by atoms with Gasteiger partial charge in [0.15, 0.2) is 0 Å². The molecule has 17 heavy (non-hydrogen) atoms. The van der Waals surface area contributed by atoms with E-state index < -0.39 is 0 Å². The van der Waals surface area contributed by atoms with Crippen LogP contribution in [0.2, 0.25) is 0 Å². The molecule has 2 N–H and O–H groups in total. The summed E-state index contributed by atoms with van der Waals surface area (Å²) in [4.78, 5) is 2.41. The lowest BCUT2D eigenvalue weighted by Gasteiger charge is -2.23. The number of hydrogen-bond donors (Lipinski definition) is 1. The summed E-state index contributed by atoms with van der Waals surface area (Å²) in [7, 11) is 2.20. The van der Waals surface area contributed by atoms with Crippen LogP contribution in [0.25, 0.3) is 0 Å². The highest BCUT2D eigenvalue weighted by Crippen LogP contribution is 2.33. The van der Waals surface area contributed by atoms with Gasteiger partial charge in [0.05, 0.1) is 0 Å². The van der Waals surface area contributed by atoms with E-state index in [1.807, 2.05) is 0 Å². The highest BCUT2D eigenvalue weighted by molar-refractivity contribution is 9.10. The molecule has 1 fully saturated rings. The Kier molecular flexibility index (Phi) is 4.10. The molecule has 0 amide bonds. The molecule has 3 heteroatoms. The minimum Gasteiger partial charge on any atom is -0.371 e. The topological polar surface area (TPSA) is 29.3 Å². The van der Waals surface area contributed by atoms with Crippen LogP contribution in [0.3, 0.4) is 0 Å². The molecule has 1 aliphatic rings. The van der Waals surface area contributed by atoms with Gasteiger partial charge in [-0.2, -0.15) is 0 Å². The standard InChI is InChI=1S/C14H21BrN2/c1-3-12(16)9-10-8-11(15)4-7-14(10)17(2)13-5-6-13/h4,7-8,12-13H,3,5-6,9,16H2,1-2H3. The lowest BCUT2D eigenvalue weighted by Crippen LogP contribution is -2.25. The third kappa shape index (κ3) is 3.23. The van der Waals surface area contributed by atoms with Crippen molar-refractivity contribution < 1.29 is 0 Å². The van der Waals surface area contributed by atoms with Crippen molar-refractivity contribution in [1.29, 1.82) is 0 Å². The molecule has 0 radical (unpaired) electrons. The third-order valence-corrected chi connectivity index (χ3v) is 4.02. The van der Waals surface area contributed by atoms with E-state index in [-0.39, 0.29) is 6.04 Å². The summed E-state index contributed by atoms with van der Waals surface area (Å²) in [6.45, 7) is 2.15. The third-order valence-electron chi connectivity index (χ3n) is 3.52.